The van der Waals surface area contributed by atoms with Gasteiger partial charge in [0.05, 0.1) is 6.61 Å². The first-order valence-corrected chi connectivity index (χ1v) is 5.32. The summed E-state index contributed by atoms with van der Waals surface area (Å²) in [4.78, 5) is 19.9. The topological polar surface area (TPSA) is 55.8 Å². The van der Waals surface area contributed by atoms with Gasteiger partial charge in [-0.3, -0.25) is 4.89 Å². The molecule has 4 nitrogen and oxygen atoms in total. The molecule has 0 amide bonds. The Bertz CT molecular complexity index is 336. The van der Waals surface area contributed by atoms with Gasteiger partial charge in [-0.2, -0.15) is 4.89 Å². The average Bonchev–Trinajstić information content (AvgIpc) is 2.28. The van der Waals surface area contributed by atoms with Crippen molar-refractivity contribution in [1.82, 2.24) is 0 Å². The van der Waals surface area contributed by atoms with E-state index in [-0.39, 0.29) is 11.7 Å². The summed E-state index contributed by atoms with van der Waals surface area (Å²) in [7, 11) is 0. The predicted octanol–water partition coefficient (Wildman–Crippen LogP) is 2.21. The molecule has 0 atom stereocenters. The van der Waals surface area contributed by atoms with Crippen molar-refractivity contribution in [3.63, 3.8) is 0 Å². The lowest BCUT2D eigenvalue weighted by Gasteiger charge is -2.03. The molecule has 0 fully saturated rings. The van der Waals surface area contributed by atoms with E-state index in [0.29, 0.717) is 13.0 Å². The van der Waals surface area contributed by atoms with Crippen LogP contribution in [0.3, 0.4) is 0 Å². The van der Waals surface area contributed by atoms with Crippen molar-refractivity contribution in [3.05, 3.63) is 29.8 Å². The van der Waals surface area contributed by atoms with Crippen LogP contribution in [0.15, 0.2) is 24.3 Å². The largest absolute Gasteiger partial charge is 0.508 e. The molecule has 0 aromatic heterocycles. The summed E-state index contributed by atoms with van der Waals surface area (Å²) in [6.07, 6.45) is 1.82. The summed E-state index contributed by atoms with van der Waals surface area (Å²) in [5.41, 5.74) is 1.03. The maximum Gasteiger partial charge on any atom is 0.342 e. The van der Waals surface area contributed by atoms with Gasteiger partial charge in [0.1, 0.15) is 5.75 Å². The van der Waals surface area contributed by atoms with Crippen LogP contribution in [0.2, 0.25) is 0 Å². The molecule has 88 valence electrons. The molecule has 0 radical (unpaired) electrons. The highest BCUT2D eigenvalue weighted by molar-refractivity contribution is 5.68. The van der Waals surface area contributed by atoms with Crippen LogP contribution >= 0.6 is 0 Å². The van der Waals surface area contributed by atoms with E-state index >= 15 is 0 Å². The number of benzene rings is 1. The van der Waals surface area contributed by atoms with Gasteiger partial charge in [0.15, 0.2) is 0 Å². The van der Waals surface area contributed by atoms with Gasteiger partial charge >= 0.3 is 5.97 Å². The Balaban J connectivity index is 2.14. The lowest BCUT2D eigenvalue weighted by molar-refractivity contribution is -0.272. The average molecular weight is 224 g/mol. The second-order valence-corrected chi connectivity index (χ2v) is 3.40. The SMILES string of the molecule is CCC(=O)OOCCCc1cccc(O)c1. The molecule has 0 heterocycles. The predicted molar refractivity (Wildman–Crippen MR) is 58.8 cm³/mol. The lowest BCUT2D eigenvalue weighted by atomic mass is 10.1. The summed E-state index contributed by atoms with van der Waals surface area (Å²) >= 11 is 0. The fourth-order valence-electron chi connectivity index (χ4n) is 1.21. The monoisotopic (exact) mass is 224 g/mol. The molecular weight excluding hydrogens is 208 g/mol. The van der Waals surface area contributed by atoms with E-state index in [1.807, 2.05) is 6.07 Å². The summed E-state index contributed by atoms with van der Waals surface area (Å²) in [6, 6.07) is 7.06. The van der Waals surface area contributed by atoms with Crippen molar-refractivity contribution in [1.29, 1.82) is 0 Å². The second-order valence-electron chi connectivity index (χ2n) is 3.40. The van der Waals surface area contributed by atoms with E-state index in [1.54, 1.807) is 25.1 Å². The molecule has 1 N–H and O–H groups in total. The lowest BCUT2D eigenvalue weighted by Crippen LogP contribution is -2.05. The molecule has 4 heteroatoms. The molecule has 0 spiro atoms. The molecule has 0 bridgehead atoms. The highest BCUT2D eigenvalue weighted by atomic mass is 17.2. The van der Waals surface area contributed by atoms with Crippen molar-refractivity contribution in [2.75, 3.05) is 6.61 Å². The van der Waals surface area contributed by atoms with Crippen molar-refractivity contribution in [3.8, 4) is 5.75 Å². The number of phenols is 1. The van der Waals surface area contributed by atoms with Crippen LogP contribution in [0.25, 0.3) is 0 Å². The van der Waals surface area contributed by atoms with Crippen molar-refractivity contribution >= 4 is 5.97 Å². The minimum atomic E-state index is -0.364. The Hall–Kier alpha value is -1.55. The van der Waals surface area contributed by atoms with Crippen LogP contribution in [-0.2, 0) is 21.0 Å². The molecule has 0 aliphatic rings. The first kappa shape index (κ1) is 12.5. The molecule has 0 aliphatic carbocycles. The van der Waals surface area contributed by atoms with Crippen LogP contribution in [0.4, 0.5) is 0 Å². The number of rotatable bonds is 6. The Kier molecular flexibility index (Phi) is 5.36. The summed E-state index contributed by atoms with van der Waals surface area (Å²) in [5.74, 6) is -0.104. The molecule has 0 saturated heterocycles. The Labute approximate surface area is 94.7 Å². The summed E-state index contributed by atoms with van der Waals surface area (Å²) in [6.45, 7) is 2.07. The third-order valence-corrected chi connectivity index (χ3v) is 2.04. The molecule has 0 saturated carbocycles. The first-order valence-electron chi connectivity index (χ1n) is 5.32. The van der Waals surface area contributed by atoms with Gasteiger partial charge in [0.25, 0.3) is 0 Å². The zero-order chi connectivity index (χ0) is 11.8. The van der Waals surface area contributed by atoms with Crippen LogP contribution in [0.5, 0.6) is 5.75 Å². The van der Waals surface area contributed by atoms with Crippen LogP contribution in [0, 0.1) is 0 Å². The van der Waals surface area contributed by atoms with Gasteiger partial charge in [-0.05, 0) is 30.5 Å². The zero-order valence-corrected chi connectivity index (χ0v) is 9.31. The quantitative estimate of drug-likeness (QED) is 0.457. The van der Waals surface area contributed by atoms with E-state index in [0.717, 1.165) is 18.4 Å². The summed E-state index contributed by atoms with van der Waals surface area (Å²) in [5, 5.41) is 9.22. The second kappa shape index (κ2) is 6.85. The van der Waals surface area contributed by atoms with Gasteiger partial charge in [0.2, 0.25) is 0 Å². The molecule has 16 heavy (non-hydrogen) atoms. The van der Waals surface area contributed by atoms with Crippen molar-refractivity contribution in [2.24, 2.45) is 0 Å². The molecule has 1 rings (SSSR count). The minimum absolute atomic E-state index is 0.260. The van der Waals surface area contributed by atoms with E-state index < -0.39 is 0 Å². The summed E-state index contributed by atoms with van der Waals surface area (Å²) < 4.78 is 0. The van der Waals surface area contributed by atoms with Crippen LogP contribution in [0.1, 0.15) is 25.3 Å². The van der Waals surface area contributed by atoms with Gasteiger partial charge in [-0.25, -0.2) is 4.79 Å². The standard InChI is InChI=1S/C12H16O4/c1-2-12(14)16-15-8-4-6-10-5-3-7-11(13)9-10/h3,5,7,9,13H,2,4,6,8H2,1H3. The third-order valence-electron chi connectivity index (χ3n) is 2.04. The normalized spacial score (nSPS) is 10.1. The van der Waals surface area contributed by atoms with E-state index in [2.05, 4.69) is 4.89 Å². The van der Waals surface area contributed by atoms with Crippen LogP contribution < -0.4 is 0 Å². The highest BCUT2D eigenvalue weighted by Crippen LogP contribution is 2.12. The van der Waals surface area contributed by atoms with E-state index in [4.69, 9.17) is 4.89 Å². The molecular formula is C12H16O4. The molecule has 0 aliphatic heterocycles. The smallest absolute Gasteiger partial charge is 0.342 e. The van der Waals surface area contributed by atoms with Crippen molar-refractivity contribution < 1.29 is 19.7 Å². The van der Waals surface area contributed by atoms with Gasteiger partial charge in [0, 0.05) is 6.42 Å². The molecule has 1 aromatic carbocycles. The number of hydrogen-bond acceptors (Lipinski definition) is 4. The van der Waals surface area contributed by atoms with Gasteiger partial charge in [-0.1, -0.05) is 19.1 Å². The minimum Gasteiger partial charge on any atom is -0.508 e. The fourth-order valence-corrected chi connectivity index (χ4v) is 1.21. The number of phenolic OH excluding ortho intramolecular Hbond substituents is 1. The Morgan fingerprint density at radius 1 is 1.44 bits per heavy atom. The number of carbonyl (C=O) groups is 1. The van der Waals surface area contributed by atoms with Crippen LogP contribution in [-0.4, -0.2) is 17.7 Å². The van der Waals surface area contributed by atoms with Gasteiger partial charge < -0.3 is 5.11 Å². The van der Waals surface area contributed by atoms with Crippen molar-refractivity contribution in [2.45, 2.75) is 26.2 Å². The van der Waals surface area contributed by atoms with E-state index in [9.17, 15) is 9.90 Å². The first-order chi connectivity index (χ1) is 7.72. The Morgan fingerprint density at radius 3 is 2.94 bits per heavy atom. The number of aromatic hydroxyl groups is 1. The van der Waals surface area contributed by atoms with Gasteiger partial charge in [-0.15, -0.1) is 0 Å². The molecule has 1 aromatic rings. The molecule has 0 unspecified atom stereocenters. The number of carbonyl (C=O) groups excluding carboxylic acids is 1. The number of hydrogen-bond donors (Lipinski definition) is 1. The highest BCUT2D eigenvalue weighted by Gasteiger charge is 1.99. The fraction of sp³-hybridized carbons (Fsp3) is 0.417. The number of aryl methyl sites for hydroxylation is 1. The zero-order valence-electron chi connectivity index (χ0n) is 9.31. The third kappa shape index (κ3) is 4.79. The maximum absolute atomic E-state index is 10.7. The maximum atomic E-state index is 10.7. The Morgan fingerprint density at radius 2 is 2.25 bits per heavy atom. The van der Waals surface area contributed by atoms with E-state index in [1.165, 1.54) is 0 Å².